The summed E-state index contributed by atoms with van der Waals surface area (Å²) in [6, 6.07) is 8.50. The van der Waals surface area contributed by atoms with Gasteiger partial charge >= 0.3 is 0 Å². The molecule has 0 spiro atoms. The zero-order chi connectivity index (χ0) is 11.4. The smallest absolute Gasteiger partial charge is 0.0471 e. The van der Waals surface area contributed by atoms with E-state index in [9.17, 15) is 0 Å². The van der Waals surface area contributed by atoms with Crippen molar-refractivity contribution in [3.8, 4) is 0 Å². The van der Waals surface area contributed by atoms with Gasteiger partial charge in [0.1, 0.15) is 0 Å². The largest absolute Gasteiger partial charge is 0.381 e. The van der Waals surface area contributed by atoms with E-state index >= 15 is 0 Å². The van der Waals surface area contributed by atoms with E-state index in [1.54, 1.807) is 0 Å². The molecule has 0 saturated carbocycles. The van der Waals surface area contributed by atoms with E-state index in [2.05, 4.69) is 40.2 Å². The molecule has 0 unspecified atom stereocenters. The molecule has 1 heterocycles. The normalized spacial score (nSPS) is 19.6. The van der Waals surface area contributed by atoms with Gasteiger partial charge in [0.2, 0.25) is 0 Å². The van der Waals surface area contributed by atoms with E-state index in [4.69, 9.17) is 16.3 Å². The molecule has 1 aliphatic heterocycles. The fourth-order valence-corrected chi connectivity index (χ4v) is 3.05. The zero-order valence-electron chi connectivity index (χ0n) is 9.22. The van der Waals surface area contributed by atoms with E-state index in [0.717, 1.165) is 42.8 Å². The van der Waals surface area contributed by atoms with Gasteiger partial charge in [0.25, 0.3) is 0 Å². The predicted molar refractivity (Wildman–Crippen MR) is 71.1 cm³/mol. The van der Waals surface area contributed by atoms with Crippen molar-refractivity contribution >= 4 is 27.5 Å². The van der Waals surface area contributed by atoms with Crippen LogP contribution in [0.5, 0.6) is 0 Å². The third-order valence-electron chi connectivity index (χ3n) is 3.31. The molecule has 16 heavy (non-hydrogen) atoms. The highest BCUT2D eigenvalue weighted by atomic mass is 79.9. The van der Waals surface area contributed by atoms with Crippen LogP contribution in [-0.4, -0.2) is 19.1 Å². The molecule has 0 aromatic heterocycles. The highest BCUT2D eigenvalue weighted by molar-refractivity contribution is 9.10. The van der Waals surface area contributed by atoms with Crippen molar-refractivity contribution in [3.63, 3.8) is 0 Å². The number of hydrogen-bond acceptors (Lipinski definition) is 1. The molecule has 1 aromatic rings. The summed E-state index contributed by atoms with van der Waals surface area (Å²) in [5.41, 5.74) is 1.59. The van der Waals surface area contributed by atoms with Crippen LogP contribution in [0.4, 0.5) is 0 Å². The highest BCUT2D eigenvalue weighted by Crippen LogP contribution is 2.35. The van der Waals surface area contributed by atoms with Crippen LogP contribution in [0.15, 0.2) is 28.7 Å². The first-order valence-corrected chi connectivity index (χ1v) is 6.95. The second-order valence-corrected chi connectivity index (χ2v) is 5.74. The van der Waals surface area contributed by atoms with Crippen molar-refractivity contribution < 1.29 is 4.74 Å². The lowest BCUT2D eigenvalue weighted by Crippen LogP contribution is -2.33. The Kier molecular flexibility index (Phi) is 4.28. The number of ether oxygens (including phenoxy) is 1. The molecule has 1 saturated heterocycles. The lowest BCUT2D eigenvalue weighted by molar-refractivity contribution is 0.0258. The molecule has 0 bridgehead atoms. The summed E-state index contributed by atoms with van der Waals surface area (Å²) < 4.78 is 6.56. The Bertz CT molecular complexity index is 348. The van der Waals surface area contributed by atoms with Gasteiger partial charge in [0.05, 0.1) is 0 Å². The zero-order valence-corrected chi connectivity index (χ0v) is 11.6. The van der Waals surface area contributed by atoms with Crippen LogP contribution in [-0.2, 0) is 11.2 Å². The van der Waals surface area contributed by atoms with Gasteiger partial charge in [-0.1, -0.05) is 28.1 Å². The Morgan fingerprint density at radius 1 is 1.31 bits per heavy atom. The Balaban J connectivity index is 2.11. The maximum atomic E-state index is 6.16. The molecule has 1 aromatic carbocycles. The Morgan fingerprint density at radius 2 is 2.06 bits per heavy atom. The molecule has 2 rings (SSSR count). The van der Waals surface area contributed by atoms with Crippen LogP contribution >= 0.6 is 27.5 Å². The second kappa shape index (κ2) is 5.52. The van der Waals surface area contributed by atoms with Crippen LogP contribution in [0.2, 0.25) is 0 Å². The van der Waals surface area contributed by atoms with E-state index in [1.807, 2.05) is 0 Å². The Morgan fingerprint density at radius 3 is 2.69 bits per heavy atom. The van der Waals surface area contributed by atoms with Gasteiger partial charge in [-0.3, -0.25) is 0 Å². The van der Waals surface area contributed by atoms with Gasteiger partial charge < -0.3 is 4.74 Å². The van der Waals surface area contributed by atoms with Crippen LogP contribution in [0.25, 0.3) is 0 Å². The quantitative estimate of drug-likeness (QED) is 0.766. The number of benzene rings is 1. The summed E-state index contributed by atoms with van der Waals surface area (Å²) in [6.07, 6.45) is 3.20. The molecule has 0 aliphatic carbocycles. The maximum absolute atomic E-state index is 6.16. The minimum absolute atomic E-state index is 0.237. The average Bonchev–Trinajstić information content (AvgIpc) is 2.30. The molecule has 1 fully saturated rings. The standard InChI is InChI=1S/C13H16BrClO/c14-12-3-1-2-11(8-12)9-13(10-15)4-6-16-7-5-13/h1-3,8H,4-7,9-10H2. The van der Waals surface area contributed by atoms with Crippen LogP contribution in [0.3, 0.4) is 0 Å². The summed E-state index contributed by atoms with van der Waals surface area (Å²) in [7, 11) is 0. The lowest BCUT2D eigenvalue weighted by Gasteiger charge is -2.35. The summed E-state index contributed by atoms with van der Waals surface area (Å²) in [6.45, 7) is 1.70. The minimum atomic E-state index is 0.237. The Hall–Kier alpha value is -0.0500. The van der Waals surface area contributed by atoms with E-state index in [1.165, 1.54) is 5.56 Å². The SMILES string of the molecule is ClCC1(Cc2cccc(Br)c2)CCOCC1. The van der Waals surface area contributed by atoms with Gasteiger partial charge in [-0.15, -0.1) is 11.6 Å². The Labute approximate surface area is 110 Å². The molecule has 0 atom stereocenters. The summed E-state index contributed by atoms with van der Waals surface area (Å²) in [5, 5.41) is 0. The molecule has 1 aliphatic rings. The monoisotopic (exact) mass is 302 g/mol. The van der Waals surface area contributed by atoms with E-state index in [0.29, 0.717) is 0 Å². The number of alkyl halides is 1. The van der Waals surface area contributed by atoms with Crippen molar-refractivity contribution in [2.75, 3.05) is 19.1 Å². The van der Waals surface area contributed by atoms with Crippen molar-refractivity contribution in [3.05, 3.63) is 34.3 Å². The first-order chi connectivity index (χ1) is 7.74. The maximum Gasteiger partial charge on any atom is 0.0471 e. The van der Waals surface area contributed by atoms with Gasteiger partial charge in [-0.05, 0) is 42.4 Å². The highest BCUT2D eigenvalue weighted by Gasteiger charge is 2.31. The molecule has 0 radical (unpaired) electrons. The molecule has 1 nitrogen and oxygen atoms in total. The van der Waals surface area contributed by atoms with Crippen LogP contribution < -0.4 is 0 Å². The van der Waals surface area contributed by atoms with Crippen LogP contribution in [0.1, 0.15) is 18.4 Å². The third kappa shape index (κ3) is 2.99. The number of rotatable bonds is 3. The molecule has 0 amide bonds. The van der Waals surface area contributed by atoms with Crippen molar-refractivity contribution in [1.82, 2.24) is 0 Å². The summed E-state index contributed by atoms with van der Waals surface area (Å²) in [4.78, 5) is 0. The van der Waals surface area contributed by atoms with E-state index in [-0.39, 0.29) is 5.41 Å². The summed E-state index contributed by atoms with van der Waals surface area (Å²) in [5.74, 6) is 0.725. The van der Waals surface area contributed by atoms with Crippen molar-refractivity contribution in [2.45, 2.75) is 19.3 Å². The predicted octanol–water partition coefficient (Wildman–Crippen LogP) is 4.03. The fraction of sp³-hybridized carbons (Fsp3) is 0.538. The van der Waals surface area contributed by atoms with Gasteiger partial charge in [0, 0.05) is 23.6 Å². The fourth-order valence-electron chi connectivity index (χ4n) is 2.24. The van der Waals surface area contributed by atoms with Crippen LogP contribution in [0, 0.1) is 5.41 Å². The number of halogens is 2. The average molecular weight is 304 g/mol. The van der Waals surface area contributed by atoms with E-state index < -0.39 is 0 Å². The van der Waals surface area contributed by atoms with Crippen molar-refractivity contribution in [1.29, 1.82) is 0 Å². The molecular formula is C13H16BrClO. The molecular weight excluding hydrogens is 287 g/mol. The molecule has 88 valence electrons. The van der Waals surface area contributed by atoms with Gasteiger partial charge in [-0.2, -0.15) is 0 Å². The third-order valence-corrected chi connectivity index (χ3v) is 4.37. The lowest BCUT2D eigenvalue weighted by atomic mass is 9.77. The first kappa shape index (κ1) is 12.4. The summed E-state index contributed by atoms with van der Waals surface area (Å²) >= 11 is 9.67. The second-order valence-electron chi connectivity index (χ2n) is 4.55. The minimum Gasteiger partial charge on any atom is -0.381 e. The first-order valence-electron chi connectivity index (χ1n) is 5.62. The molecule has 0 N–H and O–H groups in total. The van der Waals surface area contributed by atoms with Crippen molar-refractivity contribution in [2.24, 2.45) is 5.41 Å². The van der Waals surface area contributed by atoms with Gasteiger partial charge in [0.15, 0.2) is 0 Å². The topological polar surface area (TPSA) is 9.23 Å². The number of hydrogen-bond donors (Lipinski definition) is 0. The molecule has 3 heteroatoms. The van der Waals surface area contributed by atoms with Gasteiger partial charge in [-0.25, -0.2) is 0 Å².